The summed E-state index contributed by atoms with van der Waals surface area (Å²) >= 11 is 5.00. The van der Waals surface area contributed by atoms with Crippen molar-refractivity contribution in [3.8, 4) is 0 Å². The number of rotatable bonds is 3. The minimum absolute atomic E-state index is 0.173. The maximum Gasteiger partial charge on any atom is 0.260 e. The second-order valence-electron chi connectivity index (χ2n) is 4.08. The van der Waals surface area contributed by atoms with Crippen molar-refractivity contribution in [2.45, 2.75) is 32.4 Å². The summed E-state index contributed by atoms with van der Waals surface area (Å²) in [6, 6.07) is 2.32. The lowest BCUT2D eigenvalue weighted by Gasteiger charge is -2.10. The molecule has 3 N–H and O–H groups in total. The van der Waals surface area contributed by atoms with Crippen molar-refractivity contribution in [1.29, 1.82) is 0 Å². The molecule has 92 valence electrons. The van der Waals surface area contributed by atoms with Crippen LogP contribution in [-0.4, -0.2) is 26.8 Å². The molecular weight excluding hydrogens is 238 g/mol. The molecule has 1 aliphatic rings. The van der Waals surface area contributed by atoms with Crippen LogP contribution in [0.4, 0.5) is 0 Å². The van der Waals surface area contributed by atoms with Gasteiger partial charge in [0.2, 0.25) is 0 Å². The molecule has 1 amide bonds. The monoisotopic (exact) mass is 253 g/mol. The quantitative estimate of drug-likeness (QED) is 0.516. The van der Waals surface area contributed by atoms with Crippen molar-refractivity contribution < 1.29 is 4.79 Å². The van der Waals surface area contributed by atoms with Gasteiger partial charge in [-0.2, -0.15) is 5.10 Å². The van der Waals surface area contributed by atoms with E-state index in [0.29, 0.717) is 11.2 Å². The van der Waals surface area contributed by atoms with Gasteiger partial charge in [0.05, 0.1) is 5.69 Å². The Morgan fingerprint density at radius 2 is 2.35 bits per heavy atom. The fraction of sp³-hybridized carbons (Fsp3) is 0.500. The van der Waals surface area contributed by atoms with Crippen LogP contribution >= 0.6 is 12.2 Å². The van der Waals surface area contributed by atoms with Crippen LogP contribution in [0.3, 0.4) is 0 Å². The molecule has 0 spiro atoms. The van der Waals surface area contributed by atoms with E-state index < -0.39 is 0 Å². The van der Waals surface area contributed by atoms with E-state index in [9.17, 15) is 4.79 Å². The Morgan fingerprint density at radius 1 is 1.59 bits per heavy atom. The number of thiocarbonyl (C=S) groups is 1. The van der Waals surface area contributed by atoms with Crippen LogP contribution in [0.2, 0.25) is 0 Å². The molecule has 7 heteroatoms. The molecule has 2 rings (SSSR count). The summed E-state index contributed by atoms with van der Waals surface area (Å²) in [5, 5.41) is 7.63. The molecule has 1 aromatic heterocycles. The van der Waals surface area contributed by atoms with Crippen LogP contribution in [-0.2, 0) is 11.3 Å². The Balaban J connectivity index is 1.68. The van der Waals surface area contributed by atoms with Gasteiger partial charge in [-0.1, -0.05) is 0 Å². The minimum atomic E-state index is -0.187. The van der Waals surface area contributed by atoms with Gasteiger partial charge in [0, 0.05) is 12.2 Å². The largest absolute Gasteiger partial charge is 0.359 e. The number of hydrogen-bond donors (Lipinski definition) is 3. The molecule has 0 radical (unpaired) electrons. The Labute approximate surface area is 105 Å². The summed E-state index contributed by atoms with van der Waals surface area (Å²) in [5.74, 6) is -0.187. The maximum atomic E-state index is 11.5. The van der Waals surface area contributed by atoms with E-state index in [4.69, 9.17) is 12.2 Å². The zero-order chi connectivity index (χ0) is 12.3. The van der Waals surface area contributed by atoms with Gasteiger partial charge in [0.15, 0.2) is 5.11 Å². The van der Waals surface area contributed by atoms with E-state index in [0.717, 1.165) is 18.5 Å². The first-order valence-corrected chi connectivity index (χ1v) is 5.90. The van der Waals surface area contributed by atoms with E-state index in [1.807, 2.05) is 13.0 Å². The average Bonchev–Trinajstić information content (AvgIpc) is 2.99. The van der Waals surface area contributed by atoms with Gasteiger partial charge in [0.25, 0.3) is 5.91 Å². The molecule has 1 aromatic rings. The van der Waals surface area contributed by atoms with Crippen LogP contribution in [0.1, 0.15) is 18.5 Å². The average molecular weight is 253 g/mol. The van der Waals surface area contributed by atoms with E-state index in [1.54, 1.807) is 10.9 Å². The molecule has 0 atom stereocenters. The molecule has 6 nitrogen and oxygen atoms in total. The highest BCUT2D eigenvalue weighted by Gasteiger charge is 2.21. The predicted molar refractivity (Wildman–Crippen MR) is 67.0 cm³/mol. The maximum absolute atomic E-state index is 11.5. The number of nitrogens with zero attached hydrogens (tertiary/aromatic N) is 2. The first kappa shape index (κ1) is 11.8. The van der Waals surface area contributed by atoms with Gasteiger partial charge < -0.3 is 5.32 Å². The normalized spacial score (nSPS) is 14.2. The molecule has 0 saturated heterocycles. The third-order valence-corrected chi connectivity index (χ3v) is 2.53. The molecule has 1 heterocycles. The topological polar surface area (TPSA) is 71.0 Å². The molecule has 1 aliphatic carbocycles. The molecule has 0 unspecified atom stereocenters. The highest BCUT2D eigenvalue weighted by atomic mass is 32.1. The van der Waals surface area contributed by atoms with Gasteiger partial charge in [0.1, 0.15) is 6.54 Å². The first-order valence-electron chi connectivity index (χ1n) is 5.49. The summed E-state index contributed by atoms with van der Waals surface area (Å²) in [5.41, 5.74) is 6.07. The standard InChI is InChI=1S/C10H15N5OS/c1-7-4-5-15(14-7)6-9(16)12-13-10(17)11-8-2-3-8/h4-5,8H,2-3,6H2,1H3,(H,12,16)(H2,11,13,17). The van der Waals surface area contributed by atoms with E-state index in [1.165, 1.54) is 0 Å². The molecular formula is C10H15N5OS. The number of nitrogens with one attached hydrogen (secondary N) is 3. The third-order valence-electron chi connectivity index (χ3n) is 2.31. The first-order chi connectivity index (χ1) is 8.13. The van der Waals surface area contributed by atoms with Gasteiger partial charge in [-0.15, -0.1) is 0 Å². The van der Waals surface area contributed by atoms with Crippen molar-refractivity contribution in [2.24, 2.45) is 0 Å². The molecule has 0 bridgehead atoms. The number of aromatic nitrogens is 2. The second-order valence-corrected chi connectivity index (χ2v) is 4.48. The lowest BCUT2D eigenvalue weighted by Crippen LogP contribution is -2.48. The number of carbonyl (C=O) groups is 1. The van der Waals surface area contributed by atoms with Crippen LogP contribution in [0.5, 0.6) is 0 Å². The van der Waals surface area contributed by atoms with Crippen LogP contribution in [0, 0.1) is 6.92 Å². The van der Waals surface area contributed by atoms with Gasteiger partial charge in [-0.25, -0.2) is 0 Å². The van der Waals surface area contributed by atoms with Crippen molar-refractivity contribution in [3.63, 3.8) is 0 Å². The van der Waals surface area contributed by atoms with Crippen molar-refractivity contribution in [2.75, 3.05) is 0 Å². The summed E-state index contributed by atoms with van der Waals surface area (Å²) in [6.45, 7) is 2.05. The zero-order valence-electron chi connectivity index (χ0n) is 9.56. The number of hydrogen-bond acceptors (Lipinski definition) is 3. The highest BCUT2D eigenvalue weighted by Crippen LogP contribution is 2.18. The molecule has 17 heavy (non-hydrogen) atoms. The van der Waals surface area contributed by atoms with Crippen LogP contribution in [0.25, 0.3) is 0 Å². The summed E-state index contributed by atoms with van der Waals surface area (Å²) in [6.07, 6.45) is 4.04. The smallest absolute Gasteiger partial charge is 0.260 e. The molecule has 0 aliphatic heterocycles. The van der Waals surface area contributed by atoms with Gasteiger partial charge in [-0.3, -0.25) is 20.3 Å². The van der Waals surface area contributed by atoms with E-state index in [-0.39, 0.29) is 12.5 Å². The van der Waals surface area contributed by atoms with Crippen LogP contribution < -0.4 is 16.2 Å². The molecule has 0 aromatic carbocycles. The Kier molecular flexibility index (Phi) is 3.58. The fourth-order valence-corrected chi connectivity index (χ4v) is 1.53. The van der Waals surface area contributed by atoms with Gasteiger partial charge in [-0.05, 0) is 38.0 Å². The Hall–Kier alpha value is -1.63. The Bertz CT molecular complexity index is 426. The summed E-state index contributed by atoms with van der Waals surface area (Å²) in [4.78, 5) is 11.5. The number of hydrazine groups is 1. The number of amides is 1. The Morgan fingerprint density at radius 3 is 2.94 bits per heavy atom. The zero-order valence-corrected chi connectivity index (χ0v) is 10.4. The van der Waals surface area contributed by atoms with Gasteiger partial charge >= 0.3 is 0 Å². The lowest BCUT2D eigenvalue weighted by molar-refractivity contribution is -0.122. The van der Waals surface area contributed by atoms with Crippen molar-refractivity contribution >= 4 is 23.2 Å². The molecule has 1 saturated carbocycles. The fourth-order valence-electron chi connectivity index (χ4n) is 1.31. The lowest BCUT2D eigenvalue weighted by atomic mass is 10.5. The minimum Gasteiger partial charge on any atom is -0.359 e. The third kappa shape index (κ3) is 4.03. The van der Waals surface area contributed by atoms with Crippen molar-refractivity contribution in [1.82, 2.24) is 25.9 Å². The summed E-state index contributed by atoms with van der Waals surface area (Å²) < 4.78 is 1.57. The van der Waals surface area contributed by atoms with Crippen LogP contribution in [0.15, 0.2) is 12.3 Å². The number of aryl methyl sites for hydroxylation is 1. The summed E-state index contributed by atoms with van der Waals surface area (Å²) in [7, 11) is 0. The molecule has 1 fully saturated rings. The second kappa shape index (κ2) is 5.13. The SMILES string of the molecule is Cc1ccn(CC(=O)NNC(=S)NC2CC2)n1. The predicted octanol–water partition coefficient (Wildman–Crippen LogP) is -0.151. The highest BCUT2D eigenvalue weighted by molar-refractivity contribution is 7.80. The number of carbonyl (C=O) groups excluding carboxylic acids is 1. The van der Waals surface area contributed by atoms with E-state index in [2.05, 4.69) is 21.3 Å². The van der Waals surface area contributed by atoms with E-state index >= 15 is 0 Å². The van der Waals surface area contributed by atoms with Crippen molar-refractivity contribution in [3.05, 3.63) is 18.0 Å².